The van der Waals surface area contributed by atoms with E-state index in [1.54, 1.807) is 0 Å². The summed E-state index contributed by atoms with van der Waals surface area (Å²) in [5.74, 6) is 1.03. The molecule has 0 saturated heterocycles. The molecule has 4 aromatic carbocycles. The summed E-state index contributed by atoms with van der Waals surface area (Å²) < 4.78 is 6.97. The van der Waals surface area contributed by atoms with Crippen molar-refractivity contribution in [1.82, 2.24) is 14.1 Å². The molecule has 0 unspecified atom stereocenters. The lowest BCUT2D eigenvalue weighted by Gasteiger charge is -2.33. The van der Waals surface area contributed by atoms with Crippen LogP contribution in [0.25, 0.3) is 60.8 Å². The van der Waals surface area contributed by atoms with Crippen molar-refractivity contribution in [3.05, 3.63) is 139 Å². The summed E-state index contributed by atoms with van der Waals surface area (Å²) in [6.07, 6.45) is 6.11. The van der Waals surface area contributed by atoms with Crippen LogP contribution in [0.4, 0.5) is 0 Å². The number of benzene rings is 4. The highest BCUT2D eigenvalue weighted by Crippen LogP contribution is 2.47. The van der Waals surface area contributed by atoms with Crippen LogP contribution in [-0.2, 0) is 5.41 Å². The quantitative estimate of drug-likeness (QED) is 0.208. The van der Waals surface area contributed by atoms with Gasteiger partial charge in [-0.2, -0.15) is 4.57 Å². The zero-order chi connectivity index (χ0) is 27.3. The summed E-state index contributed by atoms with van der Waals surface area (Å²) in [5.41, 5.74) is 9.58. The second kappa shape index (κ2) is 7.92. The Hall–Kier alpha value is -5.22. The predicted molar refractivity (Wildman–Crippen MR) is 167 cm³/mol. The molecule has 8 aromatic rings. The molecule has 1 aliphatic heterocycles. The van der Waals surface area contributed by atoms with Gasteiger partial charge in [0.25, 0.3) is 0 Å². The number of aromatic nitrogens is 4. The van der Waals surface area contributed by atoms with Gasteiger partial charge in [0, 0.05) is 68.7 Å². The van der Waals surface area contributed by atoms with Gasteiger partial charge in [-0.05, 0) is 35.9 Å². The third-order valence-electron chi connectivity index (χ3n) is 9.05. The van der Waals surface area contributed by atoms with Crippen molar-refractivity contribution in [3.8, 4) is 17.2 Å². The number of pyridine rings is 2. The predicted octanol–water partition coefficient (Wildman–Crippen LogP) is 8.19. The van der Waals surface area contributed by atoms with Crippen molar-refractivity contribution in [3.63, 3.8) is 0 Å². The van der Waals surface area contributed by atoms with Crippen LogP contribution in [0.5, 0.6) is 0 Å². The Morgan fingerprint density at radius 3 is 2.22 bits per heavy atom. The molecule has 0 saturated carbocycles. The fourth-order valence-electron chi connectivity index (χ4n) is 7.10. The molecule has 1 aliphatic rings. The van der Waals surface area contributed by atoms with E-state index in [0.29, 0.717) is 0 Å². The lowest BCUT2D eigenvalue weighted by atomic mass is 9.76. The highest BCUT2D eigenvalue weighted by Gasteiger charge is 2.35. The van der Waals surface area contributed by atoms with Crippen molar-refractivity contribution < 1.29 is 4.57 Å². The van der Waals surface area contributed by atoms with Gasteiger partial charge in [-0.1, -0.05) is 68.4 Å². The largest absolute Gasteiger partial charge is 0.309 e. The number of hydrogen-bond acceptors (Lipinski definition) is 1. The Balaban J connectivity index is 1.39. The maximum atomic E-state index is 4.95. The lowest BCUT2D eigenvalue weighted by Crippen LogP contribution is -2.28. The molecular weight excluding hydrogens is 500 g/mol. The topological polar surface area (TPSA) is 26.6 Å². The smallest absolute Gasteiger partial charge is 0.212 e. The average molecular weight is 528 g/mol. The van der Waals surface area contributed by atoms with E-state index in [-0.39, 0.29) is 5.41 Å². The number of para-hydroxylation sites is 2. The summed E-state index contributed by atoms with van der Waals surface area (Å²) in [4.78, 5) is 4.95. The number of hydrogen-bond donors (Lipinski definition) is 0. The zero-order valence-electron chi connectivity index (χ0n) is 22.9. The van der Waals surface area contributed by atoms with Gasteiger partial charge in [0.05, 0.1) is 22.1 Å². The molecule has 0 aliphatic carbocycles. The highest BCUT2D eigenvalue weighted by atomic mass is 15.1. The maximum absolute atomic E-state index is 4.95. The van der Waals surface area contributed by atoms with Crippen molar-refractivity contribution in [2.75, 3.05) is 0 Å². The van der Waals surface area contributed by atoms with Gasteiger partial charge in [0.15, 0.2) is 12.4 Å². The van der Waals surface area contributed by atoms with Crippen LogP contribution in [0.3, 0.4) is 0 Å². The van der Waals surface area contributed by atoms with Crippen molar-refractivity contribution in [2.45, 2.75) is 19.3 Å². The molecule has 4 aromatic heterocycles. The van der Waals surface area contributed by atoms with Crippen molar-refractivity contribution in [2.24, 2.45) is 0 Å². The first kappa shape index (κ1) is 22.6. The summed E-state index contributed by atoms with van der Waals surface area (Å²) in [6.45, 7) is 4.63. The highest BCUT2D eigenvalue weighted by molar-refractivity contribution is 6.13. The molecule has 0 bridgehead atoms. The molecule has 0 atom stereocenters. The Morgan fingerprint density at radius 1 is 0.585 bits per heavy atom. The van der Waals surface area contributed by atoms with Gasteiger partial charge >= 0.3 is 0 Å². The molecule has 9 rings (SSSR count). The second-order valence-electron chi connectivity index (χ2n) is 11.6. The van der Waals surface area contributed by atoms with Gasteiger partial charge < -0.3 is 4.57 Å². The SMILES string of the molecule is CC1(C)c2cccnc2-n2c3cc(-n4c5ccccc5c5ccc(-[n+]6ccccc6)cc54)ccc3c3cccc1c32. The Labute approximate surface area is 237 Å². The molecule has 4 nitrogen and oxygen atoms in total. The van der Waals surface area contributed by atoms with Crippen LogP contribution in [0.1, 0.15) is 25.0 Å². The normalized spacial score (nSPS) is 13.8. The monoisotopic (exact) mass is 527 g/mol. The van der Waals surface area contributed by atoms with Gasteiger partial charge in [0.2, 0.25) is 5.69 Å². The van der Waals surface area contributed by atoms with Gasteiger partial charge in [-0.25, -0.2) is 4.98 Å². The number of fused-ring (bicyclic) bond motifs is 8. The first-order valence-corrected chi connectivity index (χ1v) is 14.1. The van der Waals surface area contributed by atoms with E-state index in [4.69, 9.17) is 4.98 Å². The van der Waals surface area contributed by atoms with E-state index in [9.17, 15) is 0 Å². The lowest BCUT2D eigenvalue weighted by molar-refractivity contribution is -0.595. The zero-order valence-corrected chi connectivity index (χ0v) is 22.9. The molecule has 4 heteroatoms. The van der Waals surface area contributed by atoms with Crippen LogP contribution in [0.2, 0.25) is 0 Å². The minimum absolute atomic E-state index is 0.130. The molecule has 0 radical (unpaired) electrons. The number of nitrogens with zero attached hydrogens (tertiary/aromatic N) is 4. The second-order valence-corrected chi connectivity index (χ2v) is 11.6. The van der Waals surface area contributed by atoms with Crippen LogP contribution in [-0.4, -0.2) is 14.1 Å². The molecule has 0 fully saturated rings. The van der Waals surface area contributed by atoms with E-state index in [0.717, 1.165) is 17.2 Å². The van der Waals surface area contributed by atoms with E-state index < -0.39 is 0 Å². The van der Waals surface area contributed by atoms with Crippen LogP contribution < -0.4 is 4.57 Å². The van der Waals surface area contributed by atoms with Crippen molar-refractivity contribution in [1.29, 1.82) is 0 Å². The van der Waals surface area contributed by atoms with Crippen molar-refractivity contribution >= 4 is 43.6 Å². The van der Waals surface area contributed by atoms with Gasteiger partial charge in [-0.15, -0.1) is 0 Å². The minimum atomic E-state index is -0.130. The third-order valence-corrected chi connectivity index (χ3v) is 9.05. The molecule has 41 heavy (non-hydrogen) atoms. The fraction of sp³-hybridized carbons (Fsp3) is 0.0811. The third kappa shape index (κ3) is 2.94. The fourth-order valence-corrected chi connectivity index (χ4v) is 7.10. The number of rotatable bonds is 2. The molecule has 0 amide bonds. The Morgan fingerprint density at radius 2 is 1.32 bits per heavy atom. The molecule has 0 N–H and O–H groups in total. The summed E-state index contributed by atoms with van der Waals surface area (Å²) in [6, 6.07) is 39.6. The molecular formula is C37H27N4+. The van der Waals surface area contributed by atoms with Gasteiger partial charge in [-0.3, -0.25) is 4.57 Å². The van der Waals surface area contributed by atoms with E-state index in [1.807, 2.05) is 6.20 Å². The minimum Gasteiger partial charge on any atom is -0.309 e. The Kier molecular flexibility index (Phi) is 4.36. The molecule has 194 valence electrons. The summed E-state index contributed by atoms with van der Waals surface area (Å²) >= 11 is 0. The summed E-state index contributed by atoms with van der Waals surface area (Å²) in [5, 5.41) is 5.03. The van der Waals surface area contributed by atoms with E-state index in [1.165, 1.54) is 54.7 Å². The first-order valence-electron chi connectivity index (χ1n) is 14.1. The van der Waals surface area contributed by atoms with Crippen LogP contribution >= 0.6 is 0 Å². The molecule has 5 heterocycles. The summed E-state index contributed by atoms with van der Waals surface area (Å²) in [7, 11) is 0. The van der Waals surface area contributed by atoms with E-state index in [2.05, 4.69) is 149 Å². The average Bonchev–Trinajstić information content (AvgIpc) is 3.53. The van der Waals surface area contributed by atoms with Crippen LogP contribution in [0, 0.1) is 0 Å². The maximum Gasteiger partial charge on any atom is 0.212 e. The molecule has 0 spiro atoms. The van der Waals surface area contributed by atoms with Crippen LogP contribution in [0.15, 0.2) is 128 Å². The van der Waals surface area contributed by atoms with Gasteiger partial charge in [0.1, 0.15) is 5.82 Å². The van der Waals surface area contributed by atoms with E-state index >= 15 is 0 Å². The first-order chi connectivity index (χ1) is 20.1. The standard InChI is InChI=1S/C37H27N4/c1-37(2)30-12-8-11-29-28-18-16-25(23-34(28)41(35(29)30)36-31(37)13-9-19-38-36)40-32-14-5-4-10-26(32)27-17-15-24(22-33(27)40)39-20-6-3-7-21-39/h3-23H,1-2H3/q+1. The Bertz CT molecular complexity index is 2340.